The summed E-state index contributed by atoms with van der Waals surface area (Å²) in [5, 5.41) is 6.56. The van der Waals surface area contributed by atoms with Gasteiger partial charge in [-0.2, -0.15) is 0 Å². The van der Waals surface area contributed by atoms with Crippen LogP contribution in [0.5, 0.6) is 5.75 Å². The second-order valence-electron chi connectivity index (χ2n) is 6.07. The molecule has 140 valence electrons. The van der Waals surface area contributed by atoms with E-state index in [0.29, 0.717) is 18.8 Å². The van der Waals surface area contributed by atoms with Crippen LogP contribution in [-0.4, -0.2) is 41.2 Å². The number of nitrogens with zero attached hydrogens (tertiary/aromatic N) is 2. The number of hydrogen-bond acceptors (Lipinski definition) is 5. The number of amides is 2. The molecule has 2 heterocycles. The van der Waals surface area contributed by atoms with Crippen LogP contribution < -0.4 is 15.4 Å². The molecule has 1 atom stereocenters. The quantitative estimate of drug-likeness (QED) is 0.727. The van der Waals surface area contributed by atoms with Gasteiger partial charge in [-0.15, -0.1) is 0 Å². The molecule has 0 spiro atoms. The van der Waals surface area contributed by atoms with Crippen LogP contribution in [0.4, 0.5) is 10.5 Å². The molecule has 7 nitrogen and oxygen atoms in total. The summed E-state index contributed by atoms with van der Waals surface area (Å²) in [6, 6.07) is 7.07. The Hall–Kier alpha value is -2.19. The van der Waals surface area contributed by atoms with Gasteiger partial charge in [0.05, 0.1) is 24.5 Å². The van der Waals surface area contributed by atoms with E-state index in [1.54, 1.807) is 18.0 Å². The van der Waals surface area contributed by atoms with Gasteiger partial charge < -0.3 is 24.7 Å². The van der Waals surface area contributed by atoms with Gasteiger partial charge in [0.2, 0.25) is 0 Å². The molecule has 8 heteroatoms. The first-order chi connectivity index (χ1) is 12.7. The zero-order valence-electron chi connectivity index (χ0n) is 15.0. The number of aromatic nitrogens is 2. The summed E-state index contributed by atoms with van der Waals surface area (Å²) in [6.45, 7) is 1.80. The van der Waals surface area contributed by atoms with Crippen molar-refractivity contribution < 1.29 is 14.3 Å². The van der Waals surface area contributed by atoms with Crippen molar-refractivity contribution in [2.45, 2.75) is 30.6 Å². The van der Waals surface area contributed by atoms with E-state index in [4.69, 9.17) is 9.47 Å². The van der Waals surface area contributed by atoms with Crippen LogP contribution in [0.15, 0.2) is 35.6 Å². The average Bonchev–Trinajstić information content (AvgIpc) is 3.29. The molecule has 2 N–H and O–H groups in total. The number of urea groups is 1. The van der Waals surface area contributed by atoms with Crippen molar-refractivity contribution in [3.63, 3.8) is 0 Å². The topological polar surface area (TPSA) is 77.4 Å². The molecular formula is C18H24N4O3S. The molecule has 2 aromatic rings. The lowest BCUT2D eigenvalue weighted by molar-refractivity contribution is 0.0679. The number of carbonyl (C=O) groups is 1. The normalized spacial score (nSPS) is 16.5. The van der Waals surface area contributed by atoms with Crippen LogP contribution in [0.2, 0.25) is 0 Å². The van der Waals surface area contributed by atoms with E-state index in [-0.39, 0.29) is 12.1 Å². The number of ether oxygens (including phenoxy) is 2. The molecule has 26 heavy (non-hydrogen) atoms. The summed E-state index contributed by atoms with van der Waals surface area (Å²) in [5.74, 6) is 0.769. The van der Waals surface area contributed by atoms with Crippen LogP contribution in [0.25, 0.3) is 0 Å². The summed E-state index contributed by atoms with van der Waals surface area (Å²) in [7, 11) is 1.93. The van der Waals surface area contributed by atoms with E-state index in [9.17, 15) is 4.79 Å². The number of anilines is 1. The Bertz CT molecular complexity index is 727. The predicted octanol–water partition coefficient (Wildman–Crippen LogP) is 3.02. The molecule has 0 unspecified atom stereocenters. The van der Waals surface area contributed by atoms with Crippen molar-refractivity contribution in [2.75, 3.05) is 24.8 Å². The number of benzene rings is 1. The second kappa shape index (κ2) is 8.95. The third kappa shape index (κ3) is 4.92. The SMILES string of the molecule is CSc1ncc(CNC(=O)Nc2ccc(OC[C@@H]3CCCO3)cc2)n1C. The molecule has 0 aliphatic carbocycles. The van der Waals surface area contributed by atoms with Gasteiger partial charge in [-0.05, 0) is 43.4 Å². The lowest BCUT2D eigenvalue weighted by Crippen LogP contribution is -2.28. The molecule has 1 saturated heterocycles. The van der Waals surface area contributed by atoms with Crippen LogP contribution in [0.1, 0.15) is 18.5 Å². The molecule has 3 rings (SSSR count). The van der Waals surface area contributed by atoms with Crippen molar-refractivity contribution in [2.24, 2.45) is 7.05 Å². The van der Waals surface area contributed by atoms with Crippen molar-refractivity contribution in [1.82, 2.24) is 14.9 Å². The van der Waals surface area contributed by atoms with Gasteiger partial charge in [0.15, 0.2) is 5.16 Å². The van der Waals surface area contributed by atoms with E-state index in [2.05, 4.69) is 15.6 Å². The zero-order valence-corrected chi connectivity index (χ0v) is 15.8. The van der Waals surface area contributed by atoms with E-state index in [0.717, 1.165) is 36.0 Å². The number of nitrogens with one attached hydrogen (secondary N) is 2. The molecule has 0 radical (unpaired) electrons. The summed E-state index contributed by atoms with van der Waals surface area (Å²) >= 11 is 1.57. The maximum atomic E-state index is 12.1. The van der Waals surface area contributed by atoms with Gasteiger partial charge >= 0.3 is 6.03 Å². The monoisotopic (exact) mass is 376 g/mol. The van der Waals surface area contributed by atoms with E-state index >= 15 is 0 Å². The molecule has 0 bridgehead atoms. The van der Waals surface area contributed by atoms with Gasteiger partial charge in [0, 0.05) is 19.3 Å². The Morgan fingerprint density at radius 3 is 2.88 bits per heavy atom. The lowest BCUT2D eigenvalue weighted by Gasteiger charge is -2.12. The van der Waals surface area contributed by atoms with Crippen LogP contribution in [0.3, 0.4) is 0 Å². The van der Waals surface area contributed by atoms with Crippen molar-refractivity contribution in [1.29, 1.82) is 0 Å². The van der Waals surface area contributed by atoms with E-state index < -0.39 is 0 Å². The highest BCUT2D eigenvalue weighted by atomic mass is 32.2. The van der Waals surface area contributed by atoms with Gasteiger partial charge in [-0.25, -0.2) is 9.78 Å². The Morgan fingerprint density at radius 1 is 1.42 bits per heavy atom. The third-order valence-electron chi connectivity index (χ3n) is 4.23. The Balaban J connectivity index is 1.44. The zero-order chi connectivity index (χ0) is 18.4. The highest BCUT2D eigenvalue weighted by Gasteiger charge is 2.16. The van der Waals surface area contributed by atoms with Gasteiger partial charge in [-0.1, -0.05) is 11.8 Å². The minimum Gasteiger partial charge on any atom is -0.491 e. The van der Waals surface area contributed by atoms with Crippen LogP contribution >= 0.6 is 11.8 Å². The number of rotatable bonds is 7. The lowest BCUT2D eigenvalue weighted by atomic mass is 10.2. The maximum absolute atomic E-state index is 12.1. The van der Waals surface area contributed by atoms with Crippen molar-refractivity contribution in [3.8, 4) is 5.75 Å². The summed E-state index contributed by atoms with van der Waals surface area (Å²) in [5.41, 5.74) is 1.66. The van der Waals surface area contributed by atoms with Gasteiger partial charge in [0.1, 0.15) is 12.4 Å². The van der Waals surface area contributed by atoms with Crippen molar-refractivity contribution in [3.05, 3.63) is 36.2 Å². The molecule has 1 aromatic heterocycles. The van der Waals surface area contributed by atoms with Crippen LogP contribution in [0, 0.1) is 0 Å². The van der Waals surface area contributed by atoms with E-state index in [1.807, 2.05) is 42.1 Å². The standard InChI is InChI=1S/C18H24N4O3S/c1-22-14(11-20-18(22)26-2)10-19-17(23)21-13-5-7-15(8-6-13)25-12-16-4-3-9-24-16/h5-8,11,16H,3-4,9-10,12H2,1-2H3,(H2,19,21,23)/t16-/m0/s1. The number of carbonyl (C=O) groups excluding carboxylic acids is 1. The van der Waals surface area contributed by atoms with Gasteiger partial charge in [-0.3, -0.25) is 0 Å². The molecule has 1 aromatic carbocycles. The van der Waals surface area contributed by atoms with Gasteiger partial charge in [0.25, 0.3) is 0 Å². The summed E-state index contributed by atoms with van der Waals surface area (Å²) in [6.07, 6.45) is 6.09. The predicted molar refractivity (Wildman–Crippen MR) is 102 cm³/mol. The second-order valence-corrected chi connectivity index (χ2v) is 6.85. The molecule has 1 aliphatic rings. The Morgan fingerprint density at radius 2 is 2.23 bits per heavy atom. The highest BCUT2D eigenvalue weighted by molar-refractivity contribution is 7.98. The van der Waals surface area contributed by atoms with E-state index in [1.165, 1.54) is 0 Å². The highest BCUT2D eigenvalue weighted by Crippen LogP contribution is 2.18. The Labute approximate surface area is 157 Å². The van der Waals surface area contributed by atoms with Crippen molar-refractivity contribution >= 4 is 23.5 Å². The maximum Gasteiger partial charge on any atom is 0.319 e. The summed E-state index contributed by atoms with van der Waals surface area (Å²) in [4.78, 5) is 16.3. The Kier molecular flexibility index (Phi) is 6.40. The third-order valence-corrected chi connectivity index (χ3v) is 4.97. The number of hydrogen-bond donors (Lipinski definition) is 2. The van der Waals surface area contributed by atoms with Crippen LogP contribution in [-0.2, 0) is 18.3 Å². The molecule has 2 amide bonds. The minimum atomic E-state index is -0.259. The fraction of sp³-hybridized carbons (Fsp3) is 0.444. The first kappa shape index (κ1) is 18.6. The largest absolute Gasteiger partial charge is 0.491 e. The minimum absolute atomic E-state index is 0.192. The average molecular weight is 376 g/mol. The molecule has 1 fully saturated rings. The molecule has 1 aliphatic heterocycles. The smallest absolute Gasteiger partial charge is 0.319 e. The first-order valence-electron chi connectivity index (χ1n) is 8.59. The summed E-state index contributed by atoms with van der Waals surface area (Å²) < 4.78 is 13.2. The number of imidazole rings is 1. The first-order valence-corrected chi connectivity index (χ1v) is 9.82. The fourth-order valence-electron chi connectivity index (χ4n) is 2.73. The molecule has 0 saturated carbocycles. The fourth-order valence-corrected chi connectivity index (χ4v) is 3.27. The molecular weight excluding hydrogens is 352 g/mol. The number of thioether (sulfide) groups is 1.